The van der Waals surface area contributed by atoms with E-state index in [1.54, 1.807) is 18.2 Å². The molecule has 1 heterocycles. The number of amides is 1. The molecule has 0 saturated heterocycles. The van der Waals surface area contributed by atoms with E-state index in [0.717, 1.165) is 15.9 Å². The van der Waals surface area contributed by atoms with Gasteiger partial charge in [-0.15, -0.1) is 0 Å². The van der Waals surface area contributed by atoms with E-state index in [1.807, 2.05) is 38.1 Å². The van der Waals surface area contributed by atoms with Crippen molar-refractivity contribution in [2.24, 2.45) is 0 Å². The normalized spacial score (nSPS) is 10.8. The van der Waals surface area contributed by atoms with Crippen LogP contribution in [0.5, 0.6) is 0 Å². The highest BCUT2D eigenvalue weighted by atomic mass is 19.1. The van der Waals surface area contributed by atoms with Crippen LogP contribution in [0.15, 0.2) is 65.5 Å². The summed E-state index contributed by atoms with van der Waals surface area (Å²) in [4.78, 5) is 24.5. The number of carbonyl (C=O) groups is 1. The largest absolute Gasteiger partial charge is 0.324 e. The number of benzene rings is 2. The first-order valence-electron chi connectivity index (χ1n) is 8.67. The van der Waals surface area contributed by atoms with Crippen molar-refractivity contribution in [3.63, 3.8) is 0 Å². The average Bonchev–Trinajstić information content (AvgIpc) is 2.64. The minimum atomic E-state index is -0.381. The van der Waals surface area contributed by atoms with Crippen molar-refractivity contribution in [1.82, 2.24) is 9.78 Å². The summed E-state index contributed by atoms with van der Waals surface area (Å²) in [5.41, 5.74) is 2.51. The number of anilines is 1. The molecule has 0 fully saturated rings. The highest BCUT2D eigenvalue weighted by molar-refractivity contribution is 5.91. The Bertz CT molecular complexity index is 1010. The van der Waals surface area contributed by atoms with E-state index in [9.17, 15) is 14.0 Å². The first-order chi connectivity index (χ1) is 12.9. The molecular formula is C21H20FN3O2. The van der Waals surface area contributed by atoms with Crippen LogP contribution in [0.1, 0.15) is 25.3 Å². The third-order valence-corrected chi connectivity index (χ3v) is 4.16. The van der Waals surface area contributed by atoms with Gasteiger partial charge in [0, 0.05) is 17.3 Å². The highest BCUT2D eigenvalue weighted by Crippen LogP contribution is 2.23. The van der Waals surface area contributed by atoms with Crippen molar-refractivity contribution in [2.75, 3.05) is 5.32 Å². The number of rotatable bonds is 5. The quantitative estimate of drug-likeness (QED) is 0.748. The number of nitrogens with zero attached hydrogens (tertiary/aromatic N) is 2. The van der Waals surface area contributed by atoms with Gasteiger partial charge in [0.25, 0.3) is 5.56 Å². The Balaban J connectivity index is 1.81. The monoisotopic (exact) mass is 365 g/mol. The van der Waals surface area contributed by atoms with E-state index in [4.69, 9.17) is 0 Å². The van der Waals surface area contributed by atoms with Crippen LogP contribution in [-0.4, -0.2) is 15.7 Å². The summed E-state index contributed by atoms with van der Waals surface area (Å²) in [6, 6.07) is 16.3. The van der Waals surface area contributed by atoms with E-state index in [-0.39, 0.29) is 29.7 Å². The summed E-state index contributed by atoms with van der Waals surface area (Å²) in [5, 5.41) is 7.08. The zero-order valence-electron chi connectivity index (χ0n) is 15.1. The Morgan fingerprint density at radius 3 is 2.48 bits per heavy atom. The summed E-state index contributed by atoms with van der Waals surface area (Å²) in [7, 11) is 0. The molecule has 2 aromatic carbocycles. The van der Waals surface area contributed by atoms with Gasteiger partial charge in [0.15, 0.2) is 0 Å². The molecule has 1 N–H and O–H groups in total. The number of halogens is 1. The Kier molecular flexibility index (Phi) is 5.45. The summed E-state index contributed by atoms with van der Waals surface area (Å²) in [6.45, 7) is 3.88. The topological polar surface area (TPSA) is 64.0 Å². The van der Waals surface area contributed by atoms with E-state index < -0.39 is 0 Å². The van der Waals surface area contributed by atoms with Crippen molar-refractivity contribution in [3.8, 4) is 11.3 Å². The van der Waals surface area contributed by atoms with Gasteiger partial charge in [-0.3, -0.25) is 9.59 Å². The predicted molar refractivity (Wildman–Crippen MR) is 103 cm³/mol. The van der Waals surface area contributed by atoms with Crippen molar-refractivity contribution in [1.29, 1.82) is 0 Å². The van der Waals surface area contributed by atoms with E-state index >= 15 is 0 Å². The Labute approximate surface area is 156 Å². The summed E-state index contributed by atoms with van der Waals surface area (Å²) in [6.07, 6.45) is 0. The fourth-order valence-corrected chi connectivity index (χ4v) is 2.78. The van der Waals surface area contributed by atoms with Crippen LogP contribution in [0, 0.1) is 5.82 Å². The first-order valence-corrected chi connectivity index (χ1v) is 8.67. The molecule has 1 amide bonds. The number of carbonyl (C=O) groups excluding carboxylic acids is 1. The second-order valence-corrected chi connectivity index (χ2v) is 6.51. The molecule has 5 nitrogen and oxygen atoms in total. The highest BCUT2D eigenvalue weighted by Gasteiger charge is 2.12. The summed E-state index contributed by atoms with van der Waals surface area (Å²) >= 11 is 0. The maximum absolute atomic E-state index is 13.1. The zero-order valence-corrected chi connectivity index (χ0v) is 15.1. The standard InChI is InChI=1S/C21H20FN3O2/c1-14(2)17-5-3-4-6-19(17)23-20(26)13-25-21(27)12-11-18(24-25)15-7-9-16(22)10-8-15/h3-12,14H,13H2,1-2H3,(H,23,26). The number of hydrogen-bond donors (Lipinski definition) is 1. The lowest BCUT2D eigenvalue weighted by atomic mass is 10.0. The molecule has 0 aliphatic heterocycles. The van der Waals surface area contributed by atoms with Crippen LogP contribution in [0.25, 0.3) is 11.3 Å². The molecule has 6 heteroatoms. The minimum Gasteiger partial charge on any atom is -0.324 e. The van der Waals surface area contributed by atoms with Crippen LogP contribution in [-0.2, 0) is 11.3 Å². The molecule has 0 spiro atoms. The van der Waals surface area contributed by atoms with Crippen LogP contribution in [0.3, 0.4) is 0 Å². The average molecular weight is 365 g/mol. The molecule has 1 aromatic heterocycles. The fraction of sp³-hybridized carbons (Fsp3) is 0.190. The molecule has 0 aliphatic carbocycles. The zero-order chi connectivity index (χ0) is 19.4. The van der Waals surface area contributed by atoms with Crippen LogP contribution >= 0.6 is 0 Å². The lowest BCUT2D eigenvalue weighted by Gasteiger charge is -2.14. The van der Waals surface area contributed by atoms with E-state index in [1.165, 1.54) is 18.2 Å². The van der Waals surface area contributed by atoms with Gasteiger partial charge in [-0.1, -0.05) is 32.0 Å². The van der Waals surface area contributed by atoms with Gasteiger partial charge in [0.2, 0.25) is 5.91 Å². The smallest absolute Gasteiger partial charge is 0.267 e. The van der Waals surface area contributed by atoms with E-state index in [0.29, 0.717) is 11.3 Å². The van der Waals surface area contributed by atoms with Crippen molar-refractivity contribution >= 4 is 11.6 Å². The van der Waals surface area contributed by atoms with Crippen LogP contribution in [0.4, 0.5) is 10.1 Å². The molecule has 3 aromatic rings. The van der Waals surface area contributed by atoms with Gasteiger partial charge in [-0.2, -0.15) is 5.10 Å². The second-order valence-electron chi connectivity index (χ2n) is 6.51. The first kappa shape index (κ1) is 18.5. The van der Waals surface area contributed by atoms with Crippen molar-refractivity contribution in [3.05, 3.63) is 82.4 Å². The lowest BCUT2D eigenvalue weighted by molar-refractivity contribution is -0.117. The third-order valence-electron chi connectivity index (χ3n) is 4.16. The van der Waals surface area contributed by atoms with Crippen molar-refractivity contribution in [2.45, 2.75) is 26.3 Å². The molecular weight excluding hydrogens is 345 g/mol. The SMILES string of the molecule is CC(C)c1ccccc1NC(=O)Cn1nc(-c2ccc(F)cc2)ccc1=O. The maximum atomic E-state index is 13.1. The molecule has 3 rings (SSSR count). The minimum absolute atomic E-state index is 0.208. The molecule has 0 radical (unpaired) electrons. The third kappa shape index (κ3) is 4.47. The fourth-order valence-electron chi connectivity index (χ4n) is 2.78. The van der Waals surface area contributed by atoms with Gasteiger partial charge >= 0.3 is 0 Å². The number of nitrogens with one attached hydrogen (secondary N) is 1. The molecule has 138 valence electrons. The molecule has 0 bridgehead atoms. The number of aromatic nitrogens is 2. The van der Waals surface area contributed by atoms with Gasteiger partial charge in [0.1, 0.15) is 12.4 Å². The van der Waals surface area contributed by atoms with Gasteiger partial charge < -0.3 is 5.32 Å². The van der Waals surface area contributed by atoms with E-state index in [2.05, 4.69) is 10.4 Å². The Morgan fingerprint density at radius 1 is 1.07 bits per heavy atom. The molecule has 0 unspecified atom stereocenters. The van der Waals surface area contributed by atoms with Crippen LogP contribution < -0.4 is 10.9 Å². The maximum Gasteiger partial charge on any atom is 0.267 e. The predicted octanol–water partition coefficient (Wildman–Crippen LogP) is 3.81. The summed E-state index contributed by atoms with van der Waals surface area (Å²) < 4.78 is 14.2. The number of para-hydroxylation sites is 1. The molecule has 0 aliphatic rings. The Hall–Kier alpha value is -3.28. The molecule has 0 saturated carbocycles. The second kappa shape index (κ2) is 7.95. The number of hydrogen-bond acceptors (Lipinski definition) is 3. The molecule has 0 atom stereocenters. The van der Waals surface area contributed by atoms with Gasteiger partial charge in [0.05, 0.1) is 5.69 Å². The Morgan fingerprint density at radius 2 is 1.78 bits per heavy atom. The molecule has 27 heavy (non-hydrogen) atoms. The van der Waals surface area contributed by atoms with Gasteiger partial charge in [-0.05, 0) is 47.9 Å². The lowest BCUT2D eigenvalue weighted by Crippen LogP contribution is -2.29. The summed E-state index contributed by atoms with van der Waals surface area (Å²) in [5.74, 6) is -0.437. The van der Waals surface area contributed by atoms with Crippen LogP contribution in [0.2, 0.25) is 0 Å². The van der Waals surface area contributed by atoms with Gasteiger partial charge in [-0.25, -0.2) is 9.07 Å². The van der Waals surface area contributed by atoms with Crippen molar-refractivity contribution < 1.29 is 9.18 Å².